The predicted molar refractivity (Wildman–Crippen MR) is 94.0 cm³/mol. The third-order valence-corrected chi connectivity index (χ3v) is 4.59. The first-order chi connectivity index (χ1) is 11.7. The molecule has 24 heavy (non-hydrogen) atoms. The first kappa shape index (κ1) is 16.6. The van der Waals surface area contributed by atoms with Crippen LogP contribution >= 0.6 is 12.2 Å². The molecular formula is C17H20N4O2S. The number of aromatic amines is 1. The molecule has 0 saturated heterocycles. The topological polar surface area (TPSA) is 72.3 Å². The third kappa shape index (κ3) is 3.46. The lowest BCUT2D eigenvalue weighted by Gasteiger charge is -2.19. The highest BCUT2D eigenvalue weighted by atomic mass is 32.1. The maximum absolute atomic E-state index is 11.8. The van der Waals surface area contributed by atoms with Gasteiger partial charge in [0.15, 0.2) is 5.82 Å². The van der Waals surface area contributed by atoms with E-state index in [1.54, 1.807) is 23.0 Å². The molecule has 1 aromatic heterocycles. The van der Waals surface area contributed by atoms with Gasteiger partial charge in [-0.2, -0.15) is 14.9 Å². The normalized spacial score (nSPS) is 15.7. The predicted octanol–water partition coefficient (Wildman–Crippen LogP) is 3.66. The second kappa shape index (κ2) is 7.53. The van der Waals surface area contributed by atoms with E-state index in [0.29, 0.717) is 21.8 Å². The number of aromatic nitrogens is 3. The Labute approximate surface area is 145 Å². The van der Waals surface area contributed by atoms with Gasteiger partial charge >= 0.3 is 5.97 Å². The number of benzene rings is 1. The number of nitrogens with one attached hydrogen (secondary N) is 1. The van der Waals surface area contributed by atoms with Crippen LogP contribution in [0.15, 0.2) is 29.4 Å². The second-order valence-corrected chi connectivity index (χ2v) is 6.24. The lowest BCUT2D eigenvalue weighted by molar-refractivity contribution is 0.0600. The molecule has 6 nitrogen and oxygen atoms in total. The van der Waals surface area contributed by atoms with Crippen LogP contribution in [0.25, 0.3) is 0 Å². The minimum Gasteiger partial charge on any atom is -0.465 e. The summed E-state index contributed by atoms with van der Waals surface area (Å²) in [5.74, 6) is 0.853. The molecule has 0 aliphatic heterocycles. The molecule has 1 saturated carbocycles. The van der Waals surface area contributed by atoms with Crippen molar-refractivity contribution in [2.45, 2.75) is 38.0 Å². The number of nitrogens with zero attached hydrogens (tertiary/aromatic N) is 3. The molecular weight excluding hydrogens is 324 g/mol. The molecule has 1 heterocycles. The van der Waals surface area contributed by atoms with Crippen molar-refractivity contribution in [3.63, 3.8) is 0 Å². The Hall–Kier alpha value is -2.28. The van der Waals surface area contributed by atoms with E-state index in [4.69, 9.17) is 17.0 Å². The maximum atomic E-state index is 11.8. The molecule has 126 valence electrons. The second-order valence-electron chi connectivity index (χ2n) is 5.86. The summed E-state index contributed by atoms with van der Waals surface area (Å²) in [7, 11) is 1.36. The van der Waals surface area contributed by atoms with Crippen molar-refractivity contribution in [3.8, 4) is 0 Å². The smallest absolute Gasteiger partial charge is 0.338 e. The third-order valence-electron chi connectivity index (χ3n) is 4.32. The highest BCUT2D eigenvalue weighted by molar-refractivity contribution is 7.71. The van der Waals surface area contributed by atoms with Crippen LogP contribution < -0.4 is 0 Å². The minimum atomic E-state index is -0.389. The summed E-state index contributed by atoms with van der Waals surface area (Å²) in [6.45, 7) is 0. The summed E-state index contributed by atoms with van der Waals surface area (Å²) in [6, 6.07) is 7.18. The summed E-state index contributed by atoms with van der Waals surface area (Å²) in [5, 5.41) is 11.7. The Bertz CT molecular complexity index is 803. The SMILES string of the molecule is COC(=O)c1ccccc1/C=N\n1c(C2CCCCC2)n[nH]c1=S. The molecule has 0 unspecified atom stereocenters. The quantitative estimate of drug-likeness (QED) is 0.522. The van der Waals surface area contributed by atoms with Crippen LogP contribution in [0.3, 0.4) is 0 Å². The van der Waals surface area contributed by atoms with Gasteiger partial charge in [-0.05, 0) is 31.1 Å². The van der Waals surface area contributed by atoms with Crippen molar-refractivity contribution < 1.29 is 9.53 Å². The number of esters is 1. The lowest BCUT2D eigenvalue weighted by atomic mass is 9.89. The van der Waals surface area contributed by atoms with Crippen LogP contribution in [0.2, 0.25) is 0 Å². The van der Waals surface area contributed by atoms with Gasteiger partial charge < -0.3 is 4.74 Å². The first-order valence-corrected chi connectivity index (χ1v) is 8.50. The molecule has 1 fully saturated rings. The van der Waals surface area contributed by atoms with Gasteiger partial charge in [-0.1, -0.05) is 37.5 Å². The monoisotopic (exact) mass is 344 g/mol. The Morgan fingerprint density at radius 2 is 2.12 bits per heavy atom. The highest BCUT2D eigenvalue weighted by Crippen LogP contribution is 2.31. The molecule has 3 rings (SSSR count). The first-order valence-electron chi connectivity index (χ1n) is 8.09. The Morgan fingerprint density at radius 1 is 1.38 bits per heavy atom. The van der Waals surface area contributed by atoms with E-state index < -0.39 is 0 Å². The molecule has 1 aromatic carbocycles. The summed E-state index contributed by atoms with van der Waals surface area (Å²) in [6.07, 6.45) is 7.53. The standard InChI is InChI=1S/C17H20N4O2S/c1-23-16(22)14-10-6-5-9-13(14)11-18-21-15(19-20-17(21)24)12-7-3-2-4-8-12/h5-6,9-12H,2-4,7-8H2,1H3,(H,20,24)/b18-11-. The number of ether oxygens (including phenoxy) is 1. The van der Waals surface area contributed by atoms with Crippen molar-refractivity contribution in [1.82, 2.24) is 14.9 Å². The molecule has 1 aliphatic carbocycles. The average Bonchev–Trinajstić information content (AvgIpc) is 3.01. The van der Waals surface area contributed by atoms with Gasteiger partial charge in [0, 0.05) is 11.5 Å². The largest absolute Gasteiger partial charge is 0.465 e. The van der Waals surface area contributed by atoms with Crippen molar-refractivity contribution in [2.24, 2.45) is 5.10 Å². The van der Waals surface area contributed by atoms with Crippen LogP contribution in [0.5, 0.6) is 0 Å². The fourth-order valence-corrected chi connectivity index (χ4v) is 3.25. The fraction of sp³-hybridized carbons (Fsp3) is 0.412. The van der Waals surface area contributed by atoms with Crippen molar-refractivity contribution in [1.29, 1.82) is 0 Å². The zero-order valence-electron chi connectivity index (χ0n) is 13.6. The average molecular weight is 344 g/mol. The van der Waals surface area contributed by atoms with E-state index in [2.05, 4.69) is 15.3 Å². The molecule has 0 bridgehead atoms. The number of rotatable bonds is 4. The van der Waals surface area contributed by atoms with E-state index in [1.165, 1.54) is 26.4 Å². The Morgan fingerprint density at radius 3 is 2.88 bits per heavy atom. The van der Waals surface area contributed by atoms with E-state index in [-0.39, 0.29) is 5.97 Å². The van der Waals surface area contributed by atoms with Gasteiger partial charge in [-0.25, -0.2) is 4.79 Å². The summed E-state index contributed by atoms with van der Waals surface area (Å²) >= 11 is 5.30. The Kier molecular flexibility index (Phi) is 5.20. The van der Waals surface area contributed by atoms with Gasteiger partial charge in [0.05, 0.1) is 18.9 Å². The zero-order valence-corrected chi connectivity index (χ0v) is 14.4. The number of hydrogen-bond acceptors (Lipinski definition) is 5. The van der Waals surface area contributed by atoms with Crippen LogP contribution in [-0.4, -0.2) is 34.2 Å². The van der Waals surface area contributed by atoms with Gasteiger partial charge in [0.2, 0.25) is 4.77 Å². The number of carbonyl (C=O) groups excluding carboxylic acids is 1. The van der Waals surface area contributed by atoms with Gasteiger partial charge in [-0.3, -0.25) is 5.10 Å². The summed E-state index contributed by atoms with van der Waals surface area (Å²) < 4.78 is 6.94. The zero-order chi connectivity index (χ0) is 16.9. The lowest BCUT2D eigenvalue weighted by Crippen LogP contribution is -2.11. The van der Waals surface area contributed by atoms with Crippen LogP contribution in [0.4, 0.5) is 0 Å². The number of methoxy groups -OCH3 is 1. The molecule has 0 amide bonds. The molecule has 1 N–H and O–H groups in total. The number of H-pyrrole nitrogens is 1. The maximum Gasteiger partial charge on any atom is 0.338 e. The molecule has 0 radical (unpaired) electrons. The molecule has 1 aliphatic rings. The molecule has 7 heteroatoms. The number of carbonyl (C=O) groups is 1. The summed E-state index contributed by atoms with van der Waals surface area (Å²) in [5.41, 5.74) is 1.15. The summed E-state index contributed by atoms with van der Waals surface area (Å²) in [4.78, 5) is 11.8. The van der Waals surface area contributed by atoms with Gasteiger partial charge in [0.1, 0.15) is 0 Å². The molecule has 0 spiro atoms. The van der Waals surface area contributed by atoms with Crippen molar-refractivity contribution in [2.75, 3.05) is 7.11 Å². The van der Waals surface area contributed by atoms with Crippen molar-refractivity contribution >= 4 is 24.4 Å². The molecule has 0 atom stereocenters. The van der Waals surface area contributed by atoms with Crippen LogP contribution in [0, 0.1) is 4.77 Å². The van der Waals surface area contributed by atoms with E-state index in [9.17, 15) is 4.79 Å². The van der Waals surface area contributed by atoms with Gasteiger partial charge in [0.25, 0.3) is 0 Å². The highest BCUT2D eigenvalue weighted by Gasteiger charge is 2.21. The van der Waals surface area contributed by atoms with Crippen molar-refractivity contribution in [3.05, 3.63) is 46.0 Å². The van der Waals surface area contributed by atoms with Crippen LogP contribution in [0.1, 0.15) is 59.8 Å². The van der Waals surface area contributed by atoms with Gasteiger partial charge in [-0.15, -0.1) is 0 Å². The van der Waals surface area contributed by atoms with E-state index in [0.717, 1.165) is 18.7 Å². The minimum absolute atomic E-state index is 0.375. The molecule has 2 aromatic rings. The van der Waals surface area contributed by atoms with E-state index >= 15 is 0 Å². The fourth-order valence-electron chi connectivity index (χ4n) is 3.07. The number of hydrogen-bond donors (Lipinski definition) is 1. The van der Waals surface area contributed by atoms with E-state index in [1.807, 2.05) is 12.1 Å². The van der Waals surface area contributed by atoms with Crippen LogP contribution in [-0.2, 0) is 4.74 Å². The Balaban J connectivity index is 1.92.